The molecule has 3 rings (SSSR count). The maximum Gasteiger partial charge on any atom is 0.328 e. The summed E-state index contributed by atoms with van der Waals surface area (Å²) in [6, 6.07) is 12.7. The third-order valence-electron chi connectivity index (χ3n) is 4.75. The number of rotatable bonds is 4. The van der Waals surface area contributed by atoms with Gasteiger partial charge in [0, 0.05) is 20.0 Å². The summed E-state index contributed by atoms with van der Waals surface area (Å²) in [5.74, 6) is -0.227. The van der Waals surface area contributed by atoms with E-state index in [1.807, 2.05) is 30.3 Å². The number of para-hydroxylation sites is 2. The number of aromatic nitrogens is 2. The molecule has 1 aromatic heterocycles. The van der Waals surface area contributed by atoms with Crippen LogP contribution in [0.2, 0.25) is 0 Å². The summed E-state index contributed by atoms with van der Waals surface area (Å²) in [5.41, 5.74) is 2.79. The van der Waals surface area contributed by atoms with Crippen molar-refractivity contribution >= 4 is 22.6 Å². The zero-order valence-corrected chi connectivity index (χ0v) is 16.1. The van der Waals surface area contributed by atoms with Crippen molar-refractivity contribution < 1.29 is 9.90 Å². The molecule has 0 saturated heterocycles. The number of benzene rings is 2. The number of carbonyl (C=O) groups excluding carboxylic acids is 1. The quantitative estimate of drug-likeness (QED) is 0.694. The lowest BCUT2D eigenvalue weighted by Crippen LogP contribution is -2.24. The predicted molar refractivity (Wildman–Crippen MR) is 107 cm³/mol. The van der Waals surface area contributed by atoms with Gasteiger partial charge in [-0.1, -0.05) is 39.0 Å². The monoisotopic (exact) mass is 367 g/mol. The molecule has 0 aliphatic rings. The lowest BCUT2D eigenvalue weighted by molar-refractivity contribution is -0.116. The summed E-state index contributed by atoms with van der Waals surface area (Å²) in [7, 11) is 1.72. The van der Waals surface area contributed by atoms with E-state index >= 15 is 0 Å². The number of nitrogens with zero attached hydrogens (tertiary/aromatic N) is 2. The average molecular weight is 367 g/mol. The third-order valence-corrected chi connectivity index (χ3v) is 4.75. The Morgan fingerprint density at radius 1 is 1.11 bits per heavy atom. The first-order chi connectivity index (χ1) is 12.7. The molecule has 0 spiro atoms. The molecule has 0 fully saturated rings. The largest absolute Gasteiger partial charge is 0.506 e. The number of hydrogen-bond donors (Lipinski definition) is 2. The van der Waals surface area contributed by atoms with Gasteiger partial charge in [0.25, 0.3) is 0 Å². The minimum Gasteiger partial charge on any atom is -0.506 e. The zero-order chi connectivity index (χ0) is 19.8. The second kappa shape index (κ2) is 6.95. The second-order valence-electron chi connectivity index (χ2n) is 7.76. The maximum atomic E-state index is 12.4. The fourth-order valence-electron chi connectivity index (χ4n) is 3.11. The number of amides is 1. The van der Waals surface area contributed by atoms with Crippen LogP contribution >= 0.6 is 0 Å². The van der Waals surface area contributed by atoms with Crippen LogP contribution in [0.3, 0.4) is 0 Å². The first-order valence-electron chi connectivity index (χ1n) is 8.96. The van der Waals surface area contributed by atoms with Gasteiger partial charge in [0.1, 0.15) is 5.75 Å². The van der Waals surface area contributed by atoms with Crippen molar-refractivity contribution in [1.29, 1.82) is 0 Å². The fourth-order valence-corrected chi connectivity index (χ4v) is 3.11. The highest BCUT2D eigenvalue weighted by atomic mass is 16.3. The van der Waals surface area contributed by atoms with E-state index in [-0.39, 0.29) is 35.7 Å². The van der Waals surface area contributed by atoms with Crippen molar-refractivity contribution in [3.8, 4) is 5.75 Å². The van der Waals surface area contributed by atoms with Gasteiger partial charge in [-0.05, 0) is 35.2 Å². The van der Waals surface area contributed by atoms with E-state index in [9.17, 15) is 14.7 Å². The van der Waals surface area contributed by atoms with Gasteiger partial charge in [-0.2, -0.15) is 0 Å². The van der Waals surface area contributed by atoms with E-state index in [2.05, 4.69) is 26.1 Å². The molecule has 27 heavy (non-hydrogen) atoms. The van der Waals surface area contributed by atoms with Gasteiger partial charge in [0.2, 0.25) is 5.91 Å². The van der Waals surface area contributed by atoms with Crippen LogP contribution in [0.5, 0.6) is 5.75 Å². The lowest BCUT2D eigenvalue weighted by atomic mass is 9.87. The van der Waals surface area contributed by atoms with Crippen LogP contribution in [0, 0.1) is 0 Å². The first-order valence-corrected chi connectivity index (χ1v) is 8.96. The molecule has 142 valence electrons. The first kappa shape index (κ1) is 18.8. The summed E-state index contributed by atoms with van der Waals surface area (Å²) in [5, 5.41) is 12.8. The number of anilines is 1. The number of imidazole rings is 1. The smallest absolute Gasteiger partial charge is 0.328 e. The molecule has 0 aliphatic carbocycles. The normalized spacial score (nSPS) is 11.7. The van der Waals surface area contributed by atoms with Crippen molar-refractivity contribution in [2.24, 2.45) is 7.05 Å². The molecule has 0 atom stereocenters. The van der Waals surface area contributed by atoms with Gasteiger partial charge in [-0.3, -0.25) is 13.9 Å². The molecule has 6 heteroatoms. The number of aromatic hydroxyl groups is 1. The Morgan fingerprint density at radius 2 is 1.78 bits per heavy atom. The SMILES string of the molecule is Cn1c(=O)n(CCC(=O)Nc2cc(C(C)(C)C)ccc2O)c2ccccc21. The van der Waals surface area contributed by atoms with Crippen molar-refractivity contribution in [1.82, 2.24) is 9.13 Å². The summed E-state index contributed by atoms with van der Waals surface area (Å²) >= 11 is 0. The minimum atomic E-state index is -0.254. The Morgan fingerprint density at radius 3 is 2.44 bits per heavy atom. The Labute approximate surface area is 158 Å². The summed E-state index contributed by atoms with van der Waals surface area (Å²) in [6.45, 7) is 6.47. The van der Waals surface area contributed by atoms with Crippen LogP contribution in [0.25, 0.3) is 11.0 Å². The Balaban J connectivity index is 1.77. The molecule has 0 aliphatic heterocycles. The van der Waals surface area contributed by atoms with E-state index in [1.54, 1.807) is 28.3 Å². The molecule has 2 N–H and O–H groups in total. The van der Waals surface area contributed by atoms with E-state index in [1.165, 1.54) is 0 Å². The van der Waals surface area contributed by atoms with Crippen LogP contribution in [0.15, 0.2) is 47.3 Å². The highest BCUT2D eigenvalue weighted by Crippen LogP contribution is 2.30. The summed E-state index contributed by atoms with van der Waals surface area (Å²) < 4.78 is 3.17. The molecule has 2 aromatic carbocycles. The van der Waals surface area contributed by atoms with Gasteiger partial charge in [-0.25, -0.2) is 4.79 Å². The number of aryl methyl sites for hydroxylation is 2. The van der Waals surface area contributed by atoms with E-state index in [4.69, 9.17) is 0 Å². The topological polar surface area (TPSA) is 76.3 Å². The minimum absolute atomic E-state index is 0.0266. The maximum absolute atomic E-state index is 12.4. The van der Waals surface area contributed by atoms with E-state index < -0.39 is 0 Å². The molecular weight excluding hydrogens is 342 g/mol. The molecule has 1 amide bonds. The fraction of sp³-hybridized carbons (Fsp3) is 0.333. The molecular formula is C21H25N3O3. The van der Waals surface area contributed by atoms with Gasteiger partial charge in [0.05, 0.1) is 16.7 Å². The van der Waals surface area contributed by atoms with Gasteiger partial charge in [-0.15, -0.1) is 0 Å². The van der Waals surface area contributed by atoms with Gasteiger partial charge in [0.15, 0.2) is 0 Å². The highest BCUT2D eigenvalue weighted by Gasteiger charge is 2.17. The summed E-state index contributed by atoms with van der Waals surface area (Å²) in [4.78, 5) is 24.8. The molecule has 3 aromatic rings. The van der Waals surface area contributed by atoms with Crippen molar-refractivity contribution in [2.75, 3.05) is 5.32 Å². The van der Waals surface area contributed by atoms with E-state index in [0.29, 0.717) is 5.69 Å². The lowest BCUT2D eigenvalue weighted by Gasteiger charge is -2.20. The van der Waals surface area contributed by atoms with Gasteiger partial charge < -0.3 is 10.4 Å². The number of carbonyl (C=O) groups is 1. The van der Waals surface area contributed by atoms with Crippen LogP contribution in [-0.2, 0) is 23.8 Å². The number of nitrogens with one attached hydrogen (secondary N) is 1. The summed E-state index contributed by atoms with van der Waals surface area (Å²) in [6.07, 6.45) is 0.132. The number of hydrogen-bond acceptors (Lipinski definition) is 3. The van der Waals surface area contributed by atoms with Crippen molar-refractivity contribution in [3.05, 3.63) is 58.5 Å². The van der Waals surface area contributed by atoms with Crippen LogP contribution in [0.4, 0.5) is 5.69 Å². The molecule has 1 heterocycles. The highest BCUT2D eigenvalue weighted by molar-refractivity contribution is 5.92. The molecule has 0 saturated carbocycles. The molecule has 0 bridgehead atoms. The zero-order valence-electron chi connectivity index (χ0n) is 16.1. The predicted octanol–water partition coefficient (Wildman–Crippen LogP) is 3.37. The van der Waals surface area contributed by atoms with Crippen LogP contribution < -0.4 is 11.0 Å². The number of phenolic OH excluding ortho intramolecular Hbond substituents is 1. The average Bonchev–Trinajstić information content (AvgIpc) is 2.85. The molecule has 0 radical (unpaired) electrons. The Bertz CT molecular complexity index is 1050. The van der Waals surface area contributed by atoms with Crippen LogP contribution in [0.1, 0.15) is 32.8 Å². The Kier molecular flexibility index (Phi) is 4.83. The van der Waals surface area contributed by atoms with Crippen molar-refractivity contribution in [3.63, 3.8) is 0 Å². The molecule has 6 nitrogen and oxygen atoms in total. The second-order valence-corrected chi connectivity index (χ2v) is 7.76. The molecule has 0 unspecified atom stereocenters. The standard InChI is InChI=1S/C21H25N3O3/c1-21(2,3)14-9-10-18(25)15(13-14)22-19(26)11-12-24-17-8-6-5-7-16(17)23(4)20(24)27/h5-10,13,25H,11-12H2,1-4H3,(H,22,26). The van der Waals surface area contributed by atoms with Crippen LogP contribution in [-0.4, -0.2) is 20.1 Å². The van der Waals surface area contributed by atoms with E-state index in [0.717, 1.165) is 16.6 Å². The number of phenols is 1. The third kappa shape index (κ3) is 3.74. The Hall–Kier alpha value is -3.02. The number of fused-ring (bicyclic) bond motifs is 1. The van der Waals surface area contributed by atoms with Gasteiger partial charge >= 0.3 is 5.69 Å². The van der Waals surface area contributed by atoms with Crippen molar-refractivity contribution in [2.45, 2.75) is 39.2 Å².